The summed E-state index contributed by atoms with van der Waals surface area (Å²) in [5, 5.41) is 0. The van der Waals surface area contributed by atoms with E-state index in [-0.39, 0.29) is 5.92 Å². The lowest BCUT2D eigenvalue weighted by atomic mass is 9.48. The van der Waals surface area contributed by atoms with Gasteiger partial charge in [0, 0.05) is 23.4 Å². The molecule has 1 aromatic rings. The second kappa shape index (κ2) is 4.42. The zero-order valence-corrected chi connectivity index (χ0v) is 13.3. The van der Waals surface area contributed by atoms with Gasteiger partial charge in [-0.1, -0.05) is 31.2 Å². The molecule has 4 bridgehead atoms. The minimum absolute atomic E-state index is 0.265. The smallest absolute Gasteiger partial charge is 0.134 e. The maximum atomic E-state index is 12.1. The Morgan fingerprint density at radius 2 is 2.10 bits per heavy atom. The van der Waals surface area contributed by atoms with E-state index in [4.69, 9.17) is 0 Å². The summed E-state index contributed by atoms with van der Waals surface area (Å²) in [4.78, 5) is 14.6. The molecule has 2 heteroatoms. The molecule has 2 nitrogen and oxygen atoms in total. The Kier molecular flexibility index (Phi) is 2.85. The number of rotatable bonds is 2. The molecule has 1 aromatic carbocycles. The van der Waals surface area contributed by atoms with Crippen LogP contribution in [0.3, 0.4) is 0 Å². The largest absolute Gasteiger partial charge is 0.300 e. The van der Waals surface area contributed by atoms with Crippen molar-refractivity contribution in [3.8, 4) is 0 Å². The van der Waals surface area contributed by atoms with Gasteiger partial charge >= 0.3 is 0 Å². The second-order valence-corrected chi connectivity index (χ2v) is 7.43. The van der Waals surface area contributed by atoms with Gasteiger partial charge in [-0.05, 0) is 56.7 Å². The molecule has 4 aliphatic rings. The lowest BCUT2D eigenvalue weighted by molar-refractivity contribution is -0.139. The fourth-order valence-electron chi connectivity index (χ4n) is 5.85. The number of likely N-dealkylation sites (N-methyl/N-ethyl adjacent to an activating group) is 1. The van der Waals surface area contributed by atoms with Crippen molar-refractivity contribution in [1.29, 1.82) is 0 Å². The van der Waals surface area contributed by atoms with Crippen molar-refractivity contribution in [3.63, 3.8) is 0 Å². The van der Waals surface area contributed by atoms with Gasteiger partial charge in [-0.2, -0.15) is 0 Å². The fourth-order valence-corrected chi connectivity index (χ4v) is 5.85. The molecule has 0 aromatic heterocycles. The summed E-state index contributed by atoms with van der Waals surface area (Å²) in [6.45, 7) is 4.14. The maximum Gasteiger partial charge on any atom is 0.134 e. The van der Waals surface area contributed by atoms with Gasteiger partial charge in [0.2, 0.25) is 0 Å². The normalized spacial score (nSPS) is 40.9. The zero-order chi connectivity index (χ0) is 14.8. The summed E-state index contributed by atoms with van der Waals surface area (Å²) in [5.41, 5.74) is 3.46. The number of nitrogens with zero attached hydrogens (tertiary/aromatic N) is 1. The van der Waals surface area contributed by atoms with Crippen LogP contribution in [0, 0.1) is 11.8 Å². The van der Waals surface area contributed by atoms with Gasteiger partial charge in [0.1, 0.15) is 5.78 Å². The number of hydrogen-bond acceptors (Lipinski definition) is 2. The van der Waals surface area contributed by atoms with Crippen LogP contribution in [-0.4, -0.2) is 29.8 Å². The standard InChI is InChI=1S/C19H25NO/c1-4-19-11-18-14(12(2)21)10-16(19)17(20(18)3)9-13-7-5-6-8-15(13)19/h5-8,14,16-18H,4,9-11H2,1-3H3/t14?,16?,17?,18?,19-/m0/s1. The molecule has 5 rings (SSSR count). The van der Waals surface area contributed by atoms with Gasteiger partial charge < -0.3 is 0 Å². The molecule has 112 valence electrons. The molecule has 1 saturated carbocycles. The Morgan fingerprint density at radius 1 is 1.33 bits per heavy atom. The first-order valence-electron chi connectivity index (χ1n) is 8.39. The topological polar surface area (TPSA) is 20.3 Å². The molecule has 0 spiro atoms. The van der Waals surface area contributed by atoms with Crippen LogP contribution >= 0.6 is 0 Å². The van der Waals surface area contributed by atoms with Crippen LogP contribution in [0.25, 0.3) is 0 Å². The van der Waals surface area contributed by atoms with Crippen molar-refractivity contribution in [2.75, 3.05) is 7.05 Å². The monoisotopic (exact) mass is 283 g/mol. The lowest BCUT2D eigenvalue weighted by Crippen LogP contribution is -2.69. The third-order valence-electron chi connectivity index (χ3n) is 6.90. The van der Waals surface area contributed by atoms with Gasteiger partial charge in [-0.3, -0.25) is 9.69 Å². The molecular formula is C19H25NO. The molecule has 3 fully saturated rings. The fraction of sp³-hybridized carbons (Fsp3) is 0.632. The van der Waals surface area contributed by atoms with Crippen molar-refractivity contribution < 1.29 is 4.79 Å². The predicted octanol–water partition coefficient (Wildman–Crippen LogP) is 3.19. The molecule has 0 amide bonds. The summed E-state index contributed by atoms with van der Waals surface area (Å²) in [5.74, 6) is 1.32. The highest BCUT2D eigenvalue weighted by Gasteiger charge is 2.60. The van der Waals surface area contributed by atoms with E-state index >= 15 is 0 Å². The minimum atomic E-state index is 0.265. The van der Waals surface area contributed by atoms with Gasteiger partial charge in [0.15, 0.2) is 0 Å². The van der Waals surface area contributed by atoms with E-state index in [1.54, 1.807) is 18.1 Å². The van der Waals surface area contributed by atoms with E-state index in [9.17, 15) is 4.79 Å². The number of hydrogen-bond donors (Lipinski definition) is 0. The Morgan fingerprint density at radius 3 is 2.81 bits per heavy atom. The Balaban J connectivity index is 1.86. The van der Waals surface area contributed by atoms with Gasteiger partial charge in [0.25, 0.3) is 0 Å². The molecule has 2 aliphatic heterocycles. The van der Waals surface area contributed by atoms with Crippen LogP contribution < -0.4 is 0 Å². The first kappa shape index (κ1) is 13.5. The molecule has 0 N–H and O–H groups in total. The number of Topliss-reactive ketones (excluding diaryl/α,β-unsaturated/α-hetero) is 1. The highest BCUT2D eigenvalue weighted by Crippen LogP contribution is 2.59. The number of fused-ring (bicyclic) bond motifs is 2. The van der Waals surface area contributed by atoms with Crippen LogP contribution in [0.15, 0.2) is 24.3 Å². The van der Waals surface area contributed by atoms with Crippen LogP contribution in [0.4, 0.5) is 0 Å². The Hall–Kier alpha value is -1.15. The number of carbonyl (C=O) groups excluding carboxylic acids is 1. The minimum Gasteiger partial charge on any atom is -0.300 e. The number of benzene rings is 1. The Bertz CT molecular complexity index is 595. The van der Waals surface area contributed by atoms with Crippen LogP contribution in [-0.2, 0) is 16.6 Å². The van der Waals surface area contributed by atoms with Crippen molar-refractivity contribution in [2.24, 2.45) is 11.8 Å². The summed E-state index contributed by atoms with van der Waals surface area (Å²) in [6.07, 6.45) is 4.65. The zero-order valence-electron chi connectivity index (χ0n) is 13.3. The molecule has 5 atom stereocenters. The number of piperidine rings is 2. The van der Waals surface area contributed by atoms with E-state index in [1.165, 1.54) is 19.3 Å². The third-order valence-corrected chi connectivity index (χ3v) is 6.90. The predicted molar refractivity (Wildman–Crippen MR) is 84.3 cm³/mol. The maximum absolute atomic E-state index is 12.1. The molecule has 2 saturated heterocycles. The van der Waals surface area contributed by atoms with Gasteiger partial charge in [-0.25, -0.2) is 0 Å². The van der Waals surface area contributed by atoms with Crippen LogP contribution in [0.1, 0.15) is 44.2 Å². The highest BCUT2D eigenvalue weighted by molar-refractivity contribution is 5.79. The Labute approximate surface area is 127 Å². The first-order valence-corrected chi connectivity index (χ1v) is 8.39. The van der Waals surface area contributed by atoms with Crippen molar-refractivity contribution in [2.45, 2.75) is 57.0 Å². The summed E-state index contributed by atoms with van der Waals surface area (Å²) < 4.78 is 0. The summed E-state index contributed by atoms with van der Waals surface area (Å²) in [7, 11) is 2.25. The van der Waals surface area contributed by atoms with Crippen LogP contribution in [0.5, 0.6) is 0 Å². The highest BCUT2D eigenvalue weighted by atomic mass is 16.1. The molecule has 4 unspecified atom stereocenters. The summed E-state index contributed by atoms with van der Waals surface area (Å²) in [6, 6.07) is 10.1. The number of carbonyl (C=O) groups is 1. The quantitative estimate of drug-likeness (QED) is 0.831. The van der Waals surface area contributed by atoms with E-state index in [2.05, 4.69) is 43.1 Å². The summed E-state index contributed by atoms with van der Waals surface area (Å²) >= 11 is 0. The van der Waals surface area contributed by atoms with E-state index in [1.807, 2.05) is 0 Å². The second-order valence-electron chi connectivity index (χ2n) is 7.43. The van der Waals surface area contributed by atoms with Crippen molar-refractivity contribution in [1.82, 2.24) is 4.90 Å². The lowest BCUT2D eigenvalue weighted by Gasteiger charge is -2.65. The van der Waals surface area contributed by atoms with E-state index in [0.29, 0.717) is 29.2 Å². The first-order chi connectivity index (χ1) is 10.1. The molecular weight excluding hydrogens is 258 g/mol. The van der Waals surface area contributed by atoms with Crippen molar-refractivity contribution in [3.05, 3.63) is 35.4 Å². The molecule has 2 aliphatic carbocycles. The SMILES string of the molecule is CC[C@@]12CC3C(C(C)=O)CC1C(Cc1ccccc12)N3C. The average Bonchev–Trinajstić information content (AvgIpc) is 2.50. The van der Waals surface area contributed by atoms with Gasteiger partial charge in [0.05, 0.1) is 0 Å². The molecule has 0 radical (unpaired) electrons. The van der Waals surface area contributed by atoms with Crippen molar-refractivity contribution >= 4 is 5.78 Å². The third kappa shape index (κ3) is 1.60. The molecule has 21 heavy (non-hydrogen) atoms. The average molecular weight is 283 g/mol. The number of ketones is 1. The van der Waals surface area contributed by atoms with Crippen LogP contribution in [0.2, 0.25) is 0 Å². The molecule has 2 heterocycles. The van der Waals surface area contributed by atoms with Gasteiger partial charge in [-0.15, -0.1) is 0 Å². The van der Waals surface area contributed by atoms with E-state index < -0.39 is 0 Å². The van der Waals surface area contributed by atoms with E-state index in [0.717, 1.165) is 6.42 Å².